The van der Waals surface area contributed by atoms with Crippen LogP contribution in [0.5, 0.6) is 0 Å². The zero-order valence-electron chi connectivity index (χ0n) is 12.1. The molecule has 3 N–H and O–H groups in total. The maximum atomic E-state index is 5.59. The Labute approximate surface area is 120 Å². The molecule has 0 unspecified atom stereocenters. The summed E-state index contributed by atoms with van der Waals surface area (Å²) in [4.78, 5) is 11.7. The van der Waals surface area contributed by atoms with Gasteiger partial charge in [0.05, 0.1) is 5.69 Å². The first-order chi connectivity index (χ1) is 9.86. The number of hydrazine groups is 1. The van der Waals surface area contributed by atoms with Gasteiger partial charge < -0.3 is 10.3 Å². The van der Waals surface area contributed by atoms with E-state index in [1.54, 1.807) is 0 Å². The van der Waals surface area contributed by atoms with Gasteiger partial charge >= 0.3 is 0 Å². The second-order valence-electron chi connectivity index (χ2n) is 6.01. The molecule has 0 atom stereocenters. The molecule has 0 spiro atoms. The van der Waals surface area contributed by atoms with E-state index < -0.39 is 0 Å². The highest BCUT2D eigenvalue weighted by atomic mass is 15.3. The SMILES string of the molecule is NNc1cc(C2CCCC2)nc(N2CCCCCC2)n1. The summed E-state index contributed by atoms with van der Waals surface area (Å²) in [5.74, 6) is 7.80. The monoisotopic (exact) mass is 275 g/mol. The van der Waals surface area contributed by atoms with Crippen molar-refractivity contribution in [1.82, 2.24) is 9.97 Å². The molecular weight excluding hydrogens is 250 g/mol. The first kappa shape index (κ1) is 13.6. The molecule has 0 radical (unpaired) electrons. The molecule has 1 saturated heterocycles. The topological polar surface area (TPSA) is 67.1 Å². The van der Waals surface area contributed by atoms with Crippen LogP contribution < -0.4 is 16.2 Å². The Morgan fingerprint density at radius 3 is 2.35 bits per heavy atom. The lowest BCUT2D eigenvalue weighted by atomic mass is 10.0. The Kier molecular flexibility index (Phi) is 4.35. The summed E-state index contributed by atoms with van der Waals surface area (Å²) in [5, 5.41) is 0. The standard InChI is InChI=1S/C15H25N5/c16-19-14-11-13(12-7-3-4-8-12)17-15(18-14)20-9-5-1-2-6-10-20/h11-12H,1-10,16H2,(H,17,18,19). The van der Waals surface area contributed by atoms with Crippen molar-refractivity contribution in [2.75, 3.05) is 23.4 Å². The van der Waals surface area contributed by atoms with Gasteiger partial charge in [0.2, 0.25) is 5.95 Å². The number of hydrogen-bond donors (Lipinski definition) is 2. The molecule has 0 bridgehead atoms. The highest BCUT2D eigenvalue weighted by molar-refractivity contribution is 5.44. The van der Waals surface area contributed by atoms with Crippen molar-refractivity contribution in [2.45, 2.75) is 57.3 Å². The fourth-order valence-electron chi connectivity index (χ4n) is 3.37. The number of aromatic nitrogens is 2. The molecule has 0 amide bonds. The third-order valence-corrected chi connectivity index (χ3v) is 4.54. The molecule has 0 aromatic carbocycles. The Balaban J connectivity index is 1.86. The Morgan fingerprint density at radius 2 is 1.70 bits per heavy atom. The van der Waals surface area contributed by atoms with Gasteiger partial charge in [-0.25, -0.2) is 10.8 Å². The lowest BCUT2D eigenvalue weighted by Gasteiger charge is -2.22. The highest BCUT2D eigenvalue weighted by Crippen LogP contribution is 2.34. The molecule has 2 heterocycles. The molecule has 3 rings (SSSR count). The largest absolute Gasteiger partial charge is 0.341 e. The fourth-order valence-corrected chi connectivity index (χ4v) is 3.37. The molecule has 2 aliphatic rings. The molecular formula is C15H25N5. The molecule has 1 aromatic heterocycles. The zero-order chi connectivity index (χ0) is 13.8. The third-order valence-electron chi connectivity index (χ3n) is 4.54. The zero-order valence-corrected chi connectivity index (χ0v) is 12.1. The van der Waals surface area contributed by atoms with Crippen LogP contribution >= 0.6 is 0 Å². The minimum Gasteiger partial charge on any atom is -0.341 e. The van der Waals surface area contributed by atoms with E-state index in [0.717, 1.165) is 24.9 Å². The highest BCUT2D eigenvalue weighted by Gasteiger charge is 2.21. The van der Waals surface area contributed by atoms with Gasteiger partial charge in [-0.05, 0) is 25.7 Å². The van der Waals surface area contributed by atoms with Gasteiger partial charge in [0.25, 0.3) is 0 Å². The van der Waals surface area contributed by atoms with Crippen molar-refractivity contribution in [2.24, 2.45) is 5.84 Å². The van der Waals surface area contributed by atoms with Gasteiger partial charge in [0, 0.05) is 25.1 Å². The van der Waals surface area contributed by atoms with Gasteiger partial charge in [-0.1, -0.05) is 25.7 Å². The molecule has 1 aliphatic heterocycles. The third kappa shape index (κ3) is 3.03. The van der Waals surface area contributed by atoms with Crippen LogP contribution in [0, 0.1) is 0 Å². The number of nitrogens with one attached hydrogen (secondary N) is 1. The van der Waals surface area contributed by atoms with Crippen molar-refractivity contribution < 1.29 is 0 Å². The number of nitrogens with zero attached hydrogens (tertiary/aromatic N) is 3. The van der Waals surface area contributed by atoms with Crippen molar-refractivity contribution in [3.05, 3.63) is 11.8 Å². The lowest BCUT2D eigenvalue weighted by Crippen LogP contribution is -2.27. The minimum atomic E-state index is 0.593. The van der Waals surface area contributed by atoms with E-state index >= 15 is 0 Å². The molecule has 1 aromatic rings. The van der Waals surface area contributed by atoms with Gasteiger partial charge in [-0.15, -0.1) is 0 Å². The van der Waals surface area contributed by atoms with E-state index in [1.807, 2.05) is 6.07 Å². The summed E-state index contributed by atoms with van der Waals surface area (Å²) in [5.41, 5.74) is 3.88. The molecule has 110 valence electrons. The number of anilines is 2. The average Bonchev–Trinajstić information content (AvgIpc) is 2.89. The van der Waals surface area contributed by atoms with Crippen LogP contribution in [-0.2, 0) is 0 Å². The van der Waals surface area contributed by atoms with Crippen molar-refractivity contribution >= 4 is 11.8 Å². The van der Waals surface area contributed by atoms with E-state index in [-0.39, 0.29) is 0 Å². The number of hydrogen-bond acceptors (Lipinski definition) is 5. The molecule has 20 heavy (non-hydrogen) atoms. The fraction of sp³-hybridized carbons (Fsp3) is 0.733. The lowest BCUT2D eigenvalue weighted by molar-refractivity contribution is 0.683. The second kappa shape index (κ2) is 6.39. The van der Waals surface area contributed by atoms with Crippen LogP contribution in [0.3, 0.4) is 0 Å². The number of rotatable bonds is 3. The molecule has 1 saturated carbocycles. The van der Waals surface area contributed by atoms with E-state index in [1.165, 1.54) is 57.1 Å². The average molecular weight is 275 g/mol. The van der Waals surface area contributed by atoms with Crippen LogP contribution in [0.15, 0.2) is 6.07 Å². The van der Waals surface area contributed by atoms with Crippen LogP contribution in [0.1, 0.15) is 63.0 Å². The van der Waals surface area contributed by atoms with Gasteiger partial charge in [0.15, 0.2) is 0 Å². The number of nitrogens with two attached hydrogens (primary N) is 1. The summed E-state index contributed by atoms with van der Waals surface area (Å²) >= 11 is 0. The molecule has 5 heteroatoms. The smallest absolute Gasteiger partial charge is 0.227 e. The van der Waals surface area contributed by atoms with Crippen LogP contribution in [0.25, 0.3) is 0 Å². The normalized spacial score (nSPS) is 20.9. The Bertz CT molecular complexity index is 434. The predicted octanol–water partition coefficient (Wildman–Crippen LogP) is 2.80. The van der Waals surface area contributed by atoms with Crippen LogP contribution in [-0.4, -0.2) is 23.1 Å². The quantitative estimate of drug-likeness (QED) is 0.656. The van der Waals surface area contributed by atoms with E-state index in [0.29, 0.717) is 5.92 Å². The van der Waals surface area contributed by atoms with Crippen LogP contribution in [0.4, 0.5) is 11.8 Å². The first-order valence-electron chi connectivity index (χ1n) is 7.97. The predicted molar refractivity (Wildman–Crippen MR) is 81.7 cm³/mol. The van der Waals surface area contributed by atoms with E-state index in [2.05, 4.69) is 15.3 Å². The summed E-state index contributed by atoms with van der Waals surface area (Å²) in [6.45, 7) is 2.14. The minimum absolute atomic E-state index is 0.593. The summed E-state index contributed by atoms with van der Waals surface area (Å²) in [6.07, 6.45) is 10.3. The van der Waals surface area contributed by atoms with Crippen molar-refractivity contribution in [3.8, 4) is 0 Å². The Hall–Kier alpha value is -1.36. The van der Waals surface area contributed by atoms with E-state index in [4.69, 9.17) is 10.8 Å². The maximum Gasteiger partial charge on any atom is 0.227 e. The van der Waals surface area contributed by atoms with Gasteiger partial charge in [-0.2, -0.15) is 4.98 Å². The molecule has 2 fully saturated rings. The Morgan fingerprint density at radius 1 is 1.00 bits per heavy atom. The first-order valence-corrected chi connectivity index (χ1v) is 7.97. The van der Waals surface area contributed by atoms with Crippen LogP contribution in [0.2, 0.25) is 0 Å². The second-order valence-corrected chi connectivity index (χ2v) is 6.01. The summed E-state index contributed by atoms with van der Waals surface area (Å²) in [6, 6.07) is 2.03. The maximum absolute atomic E-state index is 5.59. The van der Waals surface area contributed by atoms with E-state index in [9.17, 15) is 0 Å². The van der Waals surface area contributed by atoms with Gasteiger partial charge in [0.1, 0.15) is 5.82 Å². The van der Waals surface area contributed by atoms with Gasteiger partial charge in [-0.3, -0.25) is 0 Å². The van der Waals surface area contributed by atoms with Crippen molar-refractivity contribution in [1.29, 1.82) is 0 Å². The molecule has 5 nitrogen and oxygen atoms in total. The number of nitrogen functional groups attached to an aromatic ring is 1. The summed E-state index contributed by atoms with van der Waals surface area (Å²) in [7, 11) is 0. The summed E-state index contributed by atoms with van der Waals surface area (Å²) < 4.78 is 0. The van der Waals surface area contributed by atoms with Crippen molar-refractivity contribution in [3.63, 3.8) is 0 Å². The molecule has 1 aliphatic carbocycles.